The molecule has 0 aliphatic carbocycles. The van der Waals surface area contributed by atoms with E-state index in [9.17, 15) is 4.79 Å². The van der Waals surface area contributed by atoms with E-state index in [1.165, 1.54) is 0 Å². The van der Waals surface area contributed by atoms with Gasteiger partial charge in [-0.3, -0.25) is 4.79 Å². The van der Waals surface area contributed by atoms with Crippen LogP contribution in [0.1, 0.15) is 35.9 Å². The zero-order chi connectivity index (χ0) is 14.9. The van der Waals surface area contributed by atoms with Crippen LogP contribution in [0.2, 0.25) is 0 Å². The van der Waals surface area contributed by atoms with E-state index < -0.39 is 0 Å². The van der Waals surface area contributed by atoms with E-state index in [0.717, 1.165) is 17.9 Å². The maximum Gasteiger partial charge on any atom is 0.271 e. The first-order valence-electron chi connectivity index (χ1n) is 7.07. The number of hydrogen-bond acceptors (Lipinski definition) is 3. The van der Waals surface area contributed by atoms with Crippen molar-refractivity contribution >= 4 is 5.91 Å². The summed E-state index contributed by atoms with van der Waals surface area (Å²) in [5.41, 5.74) is 1.40. The number of carbonyl (C=O) groups is 1. The monoisotopic (exact) mass is 285 g/mol. The molecule has 0 saturated heterocycles. The molecule has 0 unspecified atom stereocenters. The number of nitrogens with one attached hydrogen (secondary N) is 2. The third-order valence-electron chi connectivity index (χ3n) is 3.54. The highest BCUT2D eigenvalue weighted by Gasteiger charge is 2.29. The lowest BCUT2D eigenvalue weighted by Crippen LogP contribution is -2.32. The van der Waals surface area contributed by atoms with E-state index in [-0.39, 0.29) is 11.3 Å². The Morgan fingerprint density at radius 1 is 1.29 bits per heavy atom. The van der Waals surface area contributed by atoms with Crippen molar-refractivity contribution in [1.29, 1.82) is 0 Å². The molecule has 0 radical (unpaired) electrons. The zero-order valence-corrected chi connectivity index (χ0v) is 12.3. The molecule has 2 aromatic rings. The van der Waals surface area contributed by atoms with Crippen LogP contribution in [0, 0.1) is 5.41 Å². The normalized spacial score (nSPS) is 16.8. The summed E-state index contributed by atoms with van der Waals surface area (Å²) in [5.74, 6) is 1.35. The third-order valence-corrected chi connectivity index (χ3v) is 3.54. The van der Waals surface area contributed by atoms with E-state index in [4.69, 9.17) is 4.74 Å². The summed E-state index contributed by atoms with van der Waals surface area (Å²) in [6.07, 6.45) is 0.791. The number of imidazole rings is 1. The number of hydrogen-bond donors (Lipinski definition) is 2. The molecule has 21 heavy (non-hydrogen) atoms. The third kappa shape index (κ3) is 3.07. The fourth-order valence-electron chi connectivity index (χ4n) is 2.46. The van der Waals surface area contributed by atoms with Crippen molar-refractivity contribution in [3.05, 3.63) is 47.5 Å². The minimum absolute atomic E-state index is 0.0188. The Labute approximate surface area is 123 Å². The van der Waals surface area contributed by atoms with Crippen LogP contribution in [0.25, 0.3) is 0 Å². The second-order valence-electron chi connectivity index (χ2n) is 6.14. The molecule has 1 aromatic heterocycles. The second kappa shape index (κ2) is 5.24. The quantitative estimate of drug-likeness (QED) is 0.909. The number of rotatable bonds is 3. The summed E-state index contributed by atoms with van der Waals surface area (Å²) in [7, 11) is 0. The van der Waals surface area contributed by atoms with Gasteiger partial charge in [0.25, 0.3) is 5.91 Å². The summed E-state index contributed by atoms with van der Waals surface area (Å²) in [4.78, 5) is 19.7. The molecule has 0 saturated carbocycles. The molecule has 1 amide bonds. The summed E-state index contributed by atoms with van der Waals surface area (Å²) < 4.78 is 5.66. The summed E-state index contributed by atoms with van der Waals surface area (Å²) in [5, 5.41) is 2.92. The van der Waals surface area contributed by atoms with Gasteiger partial charge in [-0.1, -0.05) is 32.0 Å². The first-order chi connectivity index (χ1) is 10.0. The van der Waals surface area contributed by atoms with Gasteiger partial charge in [0.15, 0.2) is 0 Å². The van der Waals surface area contributed by atoms with Crippen molar-refractivity contribution in [3.63, 3.8) is 0 Å². The summed E-state index contributed by atoms with van der Waals surface area (Å²) in [6.45, 7) is 5.24. The molecule has 1 aromatic carbocycles. The van der Waals surface area contributed by atoms with Crippen molar-refractivity contribution in [1.82, 2.24) is 15.3 Å². The average molecular weight is 285 g/mol. The minimum Gasteiger partial charge on any atom is -0.486 e. The molecule has 1 aliphatic heterocycles. The maximum absolute atomic E-state index is 12.0. The number of nitrogens with zero attached hydrogens (tertiary/aromatic N) is 1. The van der Waals surface area contributed by atoms with Crippen molar-refractivity contribution < 1.29 is 9.53 Å². The Bertz CT molecular complexity index is 647. The largest absolute Gasteiger partial charge is 0.486 e. The van der Waals surface area contributed by atoms with Crippen molar-refractivity contribution in [2.24, 2.45) is 5.41 Å². The molecule has 0 bridgehead atoms. The fourth-order valence-corrected chi connectivity index (χ4v) is 2.46. The Balaban J connectivity index is 1.77. The molecule has 0 spiro atoms. The van der Waals surface area contributed by atoms with Gasteiger partial charge >= 0.3 is 0 Å². The standard InChI is InChI=1S/C16H19N3O2/c1-16(2)8-12-14(15(20)17-10-16)19-13(18-12)9-21-11-6-4-3-5-7-11/h3-7H,8-10H2,1-2H3,(H,17,20)(H,18,19). The smallest absolute Gasteiger partial charge is 0.271 e. The number of para-hydroxylation sites is 1. The second-order valence-corrected chi connectivity index (χ2v) is 6.14. The van der Waals surface area contributed by atoms with Gasteiger partial charge in [0.05, 0.1) is 0 Å². The van der Waals surface area contributed by atoms with E-state index >= 15 is 0 Å². The molecule has 110 valence electrons. The maximum atomic E-state index is 12.0. The van der Waals surface area contributed by atoms with Gasteiger partial charge in [0, 0.05) is 12.2 Å². The van der Waals surface area contributed by atoms with Crippen LogP contribution >= 0.6 is 0 Å². The van der Waals surface area contributed by atoms with Crippen LogP contribution in [-0.2, 0) is 13.0 Å². The highest BCUT2D eigenvalue weighted by molar-refractivity contribution is 5.93. The number of amides is 1. The highest BCUT2D eigenvalue weighted by atomic mass is 16.5. The molecule has 0 fully saturated rings. The van der Waals surface area contributed by atoms with E-state index in [0.29, 0.717) is 24.7 Å². The van der Waals surface area contributed by atoms with Gasteiger partial charge in [-0.25, -0.2) is 4.98 Å². The van der Waals surface area contributed by atoms with Gasteiger partial charge in [0.2, 0.25) is 0 Å². The summed E-state index contributed by atoms with van der Waals surface area (Å²) in [6, 6.07) is 9.56. The number of aromatic nitrogens is 2. The lowest BCUT2D eigenvalue weighted by molar-refractivity contribution is 0.0940. The van der Waals surface area contributed by atoms with Gasteiger partial charge < -0.3 is 15.0 Å². The number of carbonyl (C=O) groups excluding carboxylic acids is 1. The predicted molar refractivity (Wildman–Crippen MR) is 79.2 cm³/mol. The van der Waals surface area contributed by atoms with Crippen LogP contribution in [0.4, 0.5) is 0 Å². The van der Waals surface area contributed by atoms with Crippen LogP contribution in [0.3, 0.4) is 0 Å². The molecule has 0 atom stereocenters. The van der Waals surface area contributed by atoms with Gasteiger partial charge in [-0.2, -0.15) is 0 Å². The molecule has 2 N–H and O–H groups in total. The summed E-state index contributed by atoms with van der Waals surface area (Å²) >= 11 is 0. The topological polar surface area (TPSA) is 67.0 Å². The first-order valence-corrected chi connectivity index (χ1v) is 7.07. The van der Waals surface area contributed by atoms with Crippen LogP contribution in [0.5, 0.6) is 5.75 Å². The number of ether oxygens (including phenoxy) is 1. The average Bonchev–Trinajstić information content (AvgIpc) is 2.82. The van der Waals surface area contributed by atoms with Crippen LogP contribution in [-0.4, -0.2) is 22.4 Å². The lowest BCUT2D eigenvalue weighted by atomic mass is 9.88. The van der Waals surface area contributed by atoms with Crippen LogP contribution < -0.4 is 10.1 Å². The number of H-pyrrole nitrogens is 1. The number of benzene rings is 1. The molecular weight excluding hydrogens is 266 g/mol. The lowest BCUT2D eigenvalue weighted by Gasteiger charge is -2.21. The van der Waals surface area contributed by atoms with E-state index in [2.05, 4.69) is 29.1 Å². The van der Waals surface area contributed by atoms with Gasteiger partial charge in [0.1, 0.15) is 23.9 Å². The SMILES string of the molecule is CC1(C)CNC(=O)c2nc(COc3ccccc3)[nH]c2C1. The molecule has 5 heteroatoms. The minimum atomic E-state index is -0.113. The van der Waals surface area contributed by atoms with Gasteiger partial charge in [-0.15, -0.1) is 0 Å². The predicted octanol–water partition coefficient (Wildman–Crippen LogP) is 2.30. The molecule has 3 rings (SSSR count). The molecule has 5 nitrogen and oxygen atoms in total. The number of aromatic amines is 1. The van der Waals surface area contributed by atoms with E-state index in [1.54, 1.807) is 0 Å². The Morgan fingerprint density at radius 3 is 2.81 bits per heavy atom. The van der Waals surface area contributed by atoms with E-state index in [1.807, 2.05) is 30.3 Å². The van der Waals surface area contributed by atoms with Crippen LogP contribution in [0.15, 0.2) is 30.3 Å². The molecule has 2 heterocycles. The van der Waals surface area contributed by atoms with Gasteiger partial charge in [-0.05, 0) is 24.0 Å². The van der Waals surface area contributed by atoms with Crippen molar-refractivity contribution in [2.75, 3.05) is 6.54 Å². The highest BCUT2D eigenvalue weighted by Crippen LogP contribution is 2.25. The zero-order valence-electron chi connectivity index (χ0n) is 12.3. The molecule has 1 aliphatic rings. The van der Waals surface area contributed by atoms with Crippen molar-refractivity contribution in [2.45, 2.75) is 26.9 Å². The Hall–Kier alpha value is -2.30. The fraction of sp³-hybridized carbons (Fsp3) is 0.375. The Kier molecular flexibility index (Phi) is 3.41. The first kappa shape index (κ1) is 13.7. The Morgan fingerprint density at radius 2 is 2.05 bits per heavy atom. The van der Waals surface area contributed by atoms with Crippen molar-refractivity contribution in [3.8, 4) is 5.75 Å². The number of fused-ring (bicyclic) bond motifs is 1. The molecular formula is C16H19N3O2.